The molecule has 0 saturated heterocycles. The second-order valence-electron chi connectivity index (χ2n) is 5.52. The third kappa shape index (κ3) is 4.80. The summed E-state index contributed by atoms with van der Waals surface area (Å²) in [5.41, 5.74) is 2.86. The number of hydrogen-bond donors (Lipinski definition) is 1. The Morgan fingerprint density at radius 3 is 2.65 bits per heavy atom. The van der Waals surface area contributed by atoms with Crippen molar-refractivity contribution >= 4 is 23.2 Å². The number of likely N-dealkylation sites (N-methyl/N-ethyl adjacent to an activating group) is 1. The number of halogens is 2. The molecule has 20 heavy (non-hydrogen) atoms. The molecule has 0 radical (unpaired) electrons. The topological polar surface area (TPSA) is 12.0 Å². The van der Waals surface area contributed by atoms with E-state index in [1.165, 1.54) is 31.2 Å². The Morgan fingerprint density at radius 2 is 2.00 bits per heavy atom. The van der Waals surface area contributed by atoms with E-state index < -0.39 is 0 Å². The molecular formula is C17H23Cl2N. The molecule has 0 fully saturated rings. The van der Waals surface area contributed by atoms with Gasteiger partial charge in [-0.1, -0.05) is 47.8 Å². The van der Waals surface area contributed by atoms with Gasteiger partial charge in [-0.25, -0.2) is 0 Å². The van der Waals surface area contributed by atoms with Gasteiger partial charge in [0.15, 0.2) is 0 Å². The van der Waals surface area contributed by atoms with E-state index in [0.717, 1.165) is 19.4 Å². The fourth-order valence-electron chi connectivity index (χ4n) is 2.86. The summed E-state index contributed by atoms with van der Waals surface area (Å²) in [5.74, 6) is 0. The molecule has 1 aromatic carbocycles. The van der Waals surface area contributed by atoms with E-state index in [9.17, 15) is 0 Å². The second-order valence-corrected chi connectivity index (χ2v) is 6.33. The zero-order valence-electron chi connectivity index (χ0n) is 12.1. The fourth-order valence-corrected chi connectivity index (χ4v) is 3.18. The first-order chi connectivity index (χ1) is 9.69. The van der Waals surface area contributed by atoms with Crippen LogP contribution in [0.15, 0.2) is 29.8 Å². The van der Waals surface area contributed by atoms with E-state index in [2.05, 4.69) is 24.4 Å². The van der Waals surface area contributed by atoms with E-state index >= 15 is 0 Å². The fraction of sp³-hybridized carbons (Fsp3) is 0.529. The Hall–Kier alpha value is -0.500. The molecule has 0 saturated carbocycles. The summed E-state index contributed by atoms with van der Waals surface area (Å²) in [6, 6.07) is 6.45. The molecule has 1 aromatic rings. The lowest BCUT2D eigenvalue weighted by molar-refractivity contribution is 0.504. The van der Waals surface area contributed by atoms with Gasteiger partial charge in [0, 0.05) is 6.04 Å². The van der Waals surface area contributed by atoms with Gasteiger partial charge < -0.3 is 5.32 Å². The van der Waals surface area contributed by atoms with Gasteiger partial charge in [-0.2, -0.15) is 0 Å². The smallest absolute Gasteiger partial charge is 0.0595 e. The molecule has 0 heterocycles. The number of rotatable bonds is 6. The molecule has 3 heteroatoms. The lowest BCUT2D eigenvalue weighted by Gasteiger charge is -2.22. The summed E-state index contributed by atoms with van der Waals surface area (Å²) in [4.78, 5) is 0. The van der Waals surface area contributed by atoms with Crippen molar-refractivity contribution < 1.29 is 0 Å². The molecule has 0 spiro atoms. The van der Waals surface area contributed by atoms with Crippen molar-refractivity contribution in [3.63, 3.8) is 0 Å². The Bertz CT molecular complexity index is 468. The minimum absolute atomic E-state index is 0.488. The van der Waals surface area contributed by atoms with Crippen LogP contribution in [0.4, 0.5) is 0 Å². The monoisotopic (exact) mass is 311 g/mol. The van der Waals surface area contributed by atoms with Crippen molar-refractivity contribution in [1.29, 1.82) is 0 Å². The largest absolute Gasteiger partial charge is 0.314 e. The first-order valence-corrected chi connectivity index (χ1v) is 8.30. The van der Waals surface area contributed by atoms with Crippen LogP contribution in [0, 0.1) is 0 Å². The molecule has 1 aliphatic carbocycles. The van der Waals surface area contributed by atoms with Gasteiger partial charge in [-0.05, 0) is 62.8 Å². The van der Waals surface area contributed by atoms with Gasteiger partial charge in [0.05, 0.1) is 10.0 Å². The Morgan fingerprint density at radius 1 is 1.15 bits per heavy atom. The van der Waals surface area contributed by atoms with E-state index in [-0.39, 0.29) is 0 Å². The van der Waals surface area contributed by atoms with Crippen LogP contribution in [-0.2, 0) is 6.42 Å². The van der Waals surface area contributed by atoms with Crippen LogP contribution in [0.5, 0.6) is 0 Å². The van der Waals surface area contributed by atoms with Crippen molar-refractivity contribution in [2.24, 2.45) is 0 Å². The van der Waals surface area contributed by atoms with Crippen LogP contribution in [0.1, 0.15) is 44.6 Å². The highest BCUT2D eigenvalue weighted by atomic mass is 35.5. The highest BCUT2D eigenvalue weighted by Crippen LogP contribution is 2.25. The Labute approximate surface area is 132 Å². The van der Waals surface area contributed by atoms with Crippen LogP contribution in [0.3, 0.4) is 0 Å². The quantitative estimate of drug-likeness (QED) is 0.693. The maximum Gasteiger partial charge on any atom is 0.0595 e. The van der Waals surface area contributed by atoms with Crippen LogP contribution < -0.4 is 5.32 Å². The number of nitrogens with one attached hydrogen (secondary N) is 1. The molecule has 1 aliphatic rings. The summed E-state index contributed by atoms with van der Waals surface area (Å²) >= 11 is 12.1. The first kappa shape index (κ1) is 15.9. The predicted molar refractivity (Wildman–Crippen MR) is 88.8 cm³/mol. The van der Waals surface area contributed by atoms with Gasteiger partial charge in [-0.3, -0.25) is 0 Å². The minimum Gasteiger partial charge on any atom is -0.314 e. The molecule has 0 aromatic heterocycles. The molecule has 2 rings (SSSR count). The molecule has 1 nitrogen and oxygen atoms in total. The Balaban J connectivity index is 2.00. The zero-order valence-corrected chi connectivity index (χ0v) is 13.6. The lowest BCUT2D eigenvalue weighted by Crippen LogP contribution is -2.31. The molecule has 1 N–H and O–H groups in total. The number of benzene rings is 1. The van der Waals surface area contributed by atoms with Crippen molar-refractivity contribution in [3.8, 4) is 0 Å². The maximum absolute atomic E-state index is 6.10. The van der Waals surface area contributed by atoms with E-state index in [4.69, 9.17) is 23.2 Å². The summed E-state index contributed by atoms with van der Waals surface area (Å²) in [7, 11) is 0. The van der Waals surface area contributed by atoms with E-state index in [1.54, 1.807) is 5.57 Å². The Kier molecular flexibility index (Phi) is 6.41. The highest BCUT2D eigenvalue weighted by Gasteiger charge is 2.13. The molecule has 110 valence electrons. The SMILES string of the molecule is CCNC(CC1=CCCCC1)Cc1ccc(Cl)c(Cl)c1. The first-order valence-electron chi connectivity index (χ1n) is 7.54. The highest BCUT2D eigenvalue weighted by molar-refractivity contribution is 6.42. The van der Waals surface area contributed by atoms with E-state index in [1.807, 2.05) is 12.1 Å². The van der Waals surface area contributed by atoms with Gasteiger partial charge in [0.1, 0.15) is 0 Å². The molecule has 0 bridgehead atoms. The average molecular weight is 312 g/mol. The van der Waals surface area contributed by atoms with Crippen LogP contribution in [-0.4, -0.2) is 12.6 Å². The van der Waals surface area contributed by atoms with Gasteiger partial charge in [-0.15, -0.1) is 0 Å². The second kappa shape index (κ2) is 8.07. The van der Waals surface area contributed by atoms with Crippen molar-refractivity contribution in [2.45, 2.75) is 51.5 Å². The average Bonchev–Trinajstić information content (AvgIpc) is 2.44. The summed E-state index contributed by atoms with van der Waals surface area (Å²) < 4.78 is 0. The molecule has 0 amide bonds. The number of hydrogen-bond acceptors (Lipinski definition) is 1. The molecular weight excluding hydrogens is 289 g/mol. The lowest BCUT2D eigenvalue weighted by atomic mass is 9.92. The van der Waals surface area contributed by atoms with Crippen LogP contribution in [0.2, 0.25) is 10.0 Å². The summed E-state index contributed by atoms with van der Waals surface area (Å²) in [5, 5.41) is 4.87. The zero-order chi connectivity index (χ0) is 14.4. The third-order valence-electron chi connectivity index (χ3n) is 3.85. The number of allylic oxidation sites excluding steroid dienone is 1. The maximum atomic E-state index is 6.10. The van der Waals surface area contributed by atoms with E-state index in [0.29, 0.717) is 16.1 Å². The van der Waals surface area contributed by atoms with Crippen molar-refractivity contribution in [3.05, 3.63) is 45.5 Å². The van der Waals surface area contributed by atoms with Crippen LogP contribution in [0.25, 0.3) is 0 Å². The van der Waals surface area contributed by atoms with Gasteiger partial charge in [0.25, 0.3) is 0 Å². The minimum atomic E-state index is 0.488. The van der Waals surface area contributed by atoms with Gasteiger partial charge >= 0.3 is 0 Å². The standard InChI is InChI=1S/C17H23Cl2N/c1-2-20-15(10-13-6-4-3-5-7-13)11-14-8-9-16(18)17(19)12-14/h6,8-9,12,15,20H,2-5,7,10-11H2,1H3. The predicted octanol–water partition coefficient (Wildman–Crippen LogP) is 5.40. The van der Waals surface area contributed by atoms with Crippen molar-refractivity contribution in [1.82, 2.24) is 5.32 Å². The molecule has 1 atom stereocenters. The molecule has 0 aliphatic heterocycles. The summed E-state index contributed by atoms with van der Waals surface area (Å²) in [6.45, 7) is 3.16. The van der Waals surface area contributed by atoms with Gasteiger partial charge in [0.2, 0.25) is 0 Å². The van der Waals surface area contributed by atoms with Crippen LogP contribution >= 0.6 is 23.2 Å². The summed E-state index contributed by atoms with van der Waals surface area (Å²) in [6.07, 6.45) is 9.79. The van der Waals surface area contributed by atoms with Crippen molar-refractivity contribution in [2.75, 3.05) is 6.54 Å². The third-order valence-corrected chi connectivity index (χ3v) is 4.59. The molecule has 1 unspecified atom stereocenters. The normalized spacial score (nSPS) is 16.9.